The molecule has 3 rings (SSSR count). The average Bonchev–Trinajstić information content (AvgIpc) is 3.51. The van der Waals surface area contributed by atoms with Crippen molar-refractivity contribution < 1.29 is 13.9 Å². The summed E-state index contributed by atoms with van der Waals surface area (Å²) in [6.45, 7) is 8.22. The van der Waals surface area contributed by atoms with Gasteiger partial charge in [0.05, 0.1) is 32.1 Å². The van der Waals surface area contributed by atoms with Crippen LogP contribution in [0.1, 0.15) is 42.7 Å². The summed E-state index contributed by atoms with van der Waals surface area (Å²) < 4.78 is 16.7. The SMILES string of the molecule is CCOCCOCc1cccc(CNC(=NC)NCC(c2ccco2)N2CCCC2)c1. The fraction of sp³-hybridized carbons (Fsp3) is 0.542. The molecule has 1 aliphatic heterocycles. The van der Waals surface area contributed by atoms with Gasteiger partial charge >= 0.3 is 0 Å². The Kier molecular flexibility index (Phi) is 9.89. The van der Waals surface area contributed by atoms with Crippen molar-refractivity contribution in [3.8, 4) is 0 Å². The molecule has 1 saturated heterocycles. The number of nitrogens with one attached hydrogen (secondary N) is 2. The molecule has 7 heteroatoms. The van der Waals surface area contributed by atoms with Crippen molar-refractivity contribution in [3.05, 3.63) is 59.5 Å². The molecule has 0 amide bonds. The zero-order valence-corrected chi connectivity index (χ0v) is 18.8. The van der Waals surface area contributed by atoms with E-state index in [9.17, 15) is 0 Å². The van der Waals surface area contributed by atoms with Gasteiger partial charge in [-0.2, -0.15) is 0 Å². The lowest BCUT2D eigenvalue weighted by Gasteiger charge is -2.26. The van der Waals surface area contributed by atoms with E-state index in [1.807, 2.05) is 13.0 Å². The smallest absolute Gasteiger partial charge is 0.191 e. The Morgan fingerprint density at radius 1 is 1.10 bits per heavy atom. The normalized spacial score (nSPS) is 15.9. The van der Waals surface area contributed by atoms with Crippen LogP contribution in [0, 0.1) is 0 Å². The standard InChI is InChI=1S/C24H36N4O3/c1-3-29-14-15-30-19-21-9-6-8-20(16-21)17-26-24(25-2)27-18-22(23-10-7-13-31-23)28-11-4-5-12-28/h6-10,13,16,22H,3-5,11-12,14-15,17-19H2,1-2H3,(H2,25,26,27). The molecule has 0 spiro atoms. The molecule has 0 saturated carbocycles. The van der Waals surface area contributed by atoms with Crippen LogP contribution in [0.3, 0.4) is 0 Å². The Morgan fingerprint density at radius 2 is 1.90 bits per heavy atom. The minimum Gasteiger partial charge on any atom is -0.468 e. The third kappa shape index (κ3) is 7.69. The maximum Gasteiger partial charge on any atom is 0.191 e. The Bertz CT molecular complexity index is 773. The van der Waals surface area contributed by atoms with Crippen LogP contribution in [0.5, 0.6) is 0 Å². The zero-order chi connectivity index (χ0) is 21.7. The van der Waals surface area contributed by atoms with Crippen LogP contribution in [0.25, 0.3) is 0 Å². The van der Waals surface area contributed by atoms with Gasteiger partial charge in [0.15, 0.2) is 5.96 Å². The Balaban J connectivity index is 1.47. The molecule has 1 aromatic heterocycles. The molecule has 2 aromatic rings. The number of aliphatic imine (C=N–C) groups is 1. The summed E-state index contributed by atoms with van der Waals surface area (Å²) in [6.07, 6.45) is 4.24. The van der Waals surface area contributed by atoms with Gasteiger partial charge < -0.3 is 24.5 Å². The topological polar surface area (TPSA) is 71.3 Å². The quantitative estimate of drug-likeness (QED) is 0.307. The number of likely N-dealkylation sites (tertiary alicyclic amines) is 1. The molecule has 2 heterocycles. The maximum absolute atomic E-state index is 5.71. The largest absolute Gasteiger partial charge is 0.468 e. The molecular weight excluding hydrogens is 392 g/mol. The summed E-state index contributed by atoms with van der Waals surface area (Å²) in [5.74, 6) is 1.79. The molecule has 1 unspecified atom stereocenters. The van der Waals surface area contributed by atoms with E-state index in [0.717, 1.165) is 43.5 Å². The van der Waals surface area contributed by atoms with Crippen molar-refractivity contribution in [2.75, 3.05) is 46.5 Å². The van der Waals surface area contributed by atoms with Gasteiger partial charge in [-0.05, 0) is 56.1 Å². The van der Waals surface area contributed by atoms with E-state index in [1.165, 1.54) is 18.4 Å². The molecule has 2 N–H and O–H groups in total. The van der Waals surface area contributed by atoms with Gasteiger partial charge in [0.2, 0.25) is 0 Å². The molecule has 0 bridgehead atoms. The van der Waals surface area contributed by atoms with E-state index >= 15 is 0 Å². The van der Waals surface area contributed by atoms with E-state index < -0.39 is 0 Å². The highest BCUT2D eigenvalue weighted by atomic mass is 16.5. The second-order valence-corrected chi connectivity index (χ2v) is 7.65. The summed E-state index contributed by atoms with van der Waals surface area (Å²) in [6, 6.07) is 12.7. The molecule has 1 aromatic carbocycles. The van der Waals surface area contributed by atoms with Crippen molar-refractivity contribution in [1.82, 2.24) is 15.5 Å². The number of guanidine groups is 1. The van der Waals surface area contributed by atoms with E-state index in [1.54, 1.807) is 13.3 Å². The Labute approximate surface area is 185 Å². The minimum atomic E-state index is 0.216. The van der Waals surface area contributed by atoms with E-state index in [0.29, 0.717) is 26.4 Å². The highest BCUT2D eigenvalue weighted by molar-refractivity contribution is 5.79. The van der Waals surface area contributed by atoms with Crippen LogP contribution in [0.15, 0.2) is 52.1 Å². The highest BCUT2D eigenvalue weighted by Crippen LogP contribution is 2.24. The van der Waals surface area contributed by atoms with Crippen LogP contribution in [0.2, 0.25) is 0 Å². The molecule has 7 nitrogen and oxygen atoms in total. The van der Waals surface area contributed by atoms with Crippen LogP contribution in [0.4, 0.5) is 0 Å². The van der Waals surface area contributed by atoms with Crippen molar-refractivity contribution >= 4 is 5.96 Å². The zero-order valence-electron chi connectivity index (χ0n) is 18.8. The molecular formula is C24H36N4O3. The van der Waals surface area contributed by atoms with Gasteiger partial charge in [0.1, 0.15) is 5.76 Å². The van der Waals surface area contributed by atoms with Gasteiger partial charge in [-0.25, -0.2) is 0 Å². The first-order valence-corrected chi connectivity index (χ1v) is 11.3. The molecule has 31 heavy (non-hydrogen) atoms. The lowest BCUT2D eigenvalue weighted by atomic mass is 10.1. The number of benzene rings is 1. The molecule has 0 radical (unpaired) electrons. The maximum atomic E-state index is 5.71. The molecule has 0 aliphatic carbocycles. The van der Waals surface area contributed by atoms with Crippen LogP contribution in [-0.4, -0.2) is 57.4 Å². The van der Waals surface area contributed by atoms with Gasteiger partial charge in [0, 0.05) is 26.7 Å². The number of nitrogens with zero attached hydrogens (tertiary/aromatic N) is 2. The first kappa shape index (κ1) is 23.3. The predicted octanol–water partition coefficient (Wildman–Crippen LogP) is 3.33. The summed E-state index contributed by atoms with van der Waals surface area (Å²) in [5, 5.41) is 6.89. The van der Waals surface area contributed by atoms with Gasteiger partial charge in [-0.15, -0.1) is 0 Å². The third-order valence-corrected chi connectivity index (χ3v) is 5.44. The fourth-order valence-corrected chi connectivity index (χ4v) is 3.83. The molecule has 170 valence electrons. The number of furan rings is 1. The van der Waals surface area contributed by atoms with Gasteiger partial charge in [0.25, 0.3) is 0 Å². The monoisotopic (exact) mass is 428 g/mol. The molecule has 1 fully saturated rings. The third-order valence-electron chi connectivity index (χ3n) is 5.44. The highest BCUT2D eigenvalue weighted by Gasteiger charge is 2.25. The summed E-state index contributed by atoms with van der Waals surface area (Å²) in [7, 11) is 1.80. The van der Waals surface area contributed by atoms with E-state index in [2.05, 4.69) is 50.9 Å². The second kappa shape index (κ2) is 13.1. The van der Waals surface area contributed by atoms with Crippen molar-refractivity contribution in [2.45, 2.75) is 39.0 Å². The fourth-order valence-electron chi connectivity index (χ4n) is 3.83. The van der Waals surface area contributed by atoms with Crippen LogP contribution in [-0.2, 0) is 22.6 Å². The lowest BCUT2D eigenvalue weighted by molar-refractivity contribution is 0.0453. The second-order valence-electron chi connectivity index (χ2n) is 7.65. The van der Waals surface area contributed by atoms with E-state index in [-0.39, 0.29) is 6.04 Å². The predicted molar refractivity (Wildman–Crippen MR) is 123 cm³/mol. The van der Waals surface area contributed by atoms with Gasteiger partial charge in [-0.1, -0.05) is 24.3 Å². The lowest BCUT2D eigenvalue weighted by Crippen LogP contribution is -2.42. The number of ether oxygens (including phenoxy) is 2. The summed E-state index contributed by atoms with van der Waals surface area (Å²) in [5.41, 5.74) is 2.35. The van der Waals surface area contributed by atoms with Crippen molar-refractivity contribution in [1.29, 1.82) is 0 Å². The average molecular weight is 429 g/mol. The molecule has 1 atom stereocenters. The number of hydrogen-bond donors (Lipinski definition) is 2. The van der Waals surface area contributed by atoms with Crippen molar-refractivity contribution in [2.24, 2.45) is 4.99 Å². The molecule has 1 aliphatic rings. The first-order valence-electron chi connectivity index (χ1n) is 11.3. The van der Waals surface area contributed by atoms with Gasteiger partial charge in [-0.3, -0.25) is 9.89 Å². The Hall–Kier alpha value is -2.35. The van der Waals surface area contributed by atoms with Crippen molar-refractivity contribution in [3.63, 3.8) is 0 Å². The Morgan fingerprint density at radius 3 is 2.65 bits per heavy atom. The first-order chi connectivity index (χ1) is 15.3. The summed E-state index contributed by atoms with van der Waals surface area (Å²) >= 11 is 0. The number of rotatable bonds is 12. The number of hydrogen-bond acceptors (Lipinski definition) is 5. The summed E-state index contributed by atoms with van der Waals surface area (Å²) in [4.78, 5) is 6.87. The van der Waals surface area contributed by atoms with Crippen LogP contribution >= 0.6 is 0 Å². The van der Waals surface area contributed by atoms with E-state index in [4.69, 9.17) is 13.9 Å². The van der Waals surface area contributed by atoms with Crippen LogP contribution < -0.4 is 10.6 Å². The minimum absolute atomic E-state index is 0.216.